The predicted molar refractivity (Wildman–Crippen MR) is 172 cm³/mol. The van der Waals surface area contributed by atoms with Gasteiger partial charge in [0.1, 0.15) is 6.29 Å². The summed E-state index contributed by atoms with van der Waals surface area (Å²) in [5.41, 5.74) is 17.5. The van der Waals surface area contributed by atoms with Crippen LogP contribution in [0.3, 0.4) is 0 Å². The van der Waals surface area contributed by atoms with E-state index in [9.17, 15) is 4.79 Å². The van der Waals surface area contributed by atoms with E-state index < -0.39 is 0 Å². The van der Waals surface area contributed by atoms with E-state index in [1.54, 1.807) is 0 Å². The largest absolute Gasteiger partial charge is 0.402 e. The molecule has 6 nitrogen and oxygen atoms in total. The zero-order chi connectivity index (χ0) is 29.1. The summed E-state index contributed by atoms with van der Waals surface area (Å²) in [6.07, 6.45) is 7.17. The van der Waals surface area contributed by atoms with Crippen LogP contribution >= 0.6 is 0 Å². The molecule has 6 heteroatoms. The first-order valence-electron chi connectivity index (χ1n) is 15.3. The summed E-state index contributed by atoms with van der Waals surface area (Å²) >= 11 is 0. The monoisotopic (exact) mass is 547 g/mol. The van der Waals surface area contributed by atoms with Crippen molar-refractivity contribution in [3.05, 3.63) is 66.4 Å². The Balaban J connectivity index is 0.00000216. The van der Waals surface area contributed by atoms with Gasteiger partial charge in [0, 0.05) is 81.4 Å². The van der Waals surface area contributed by atoms with E-state index in [1.165, 1.54) is 56.7 Å². The summed E-state index contributed by atoms with van der Waals surface area (Å²) < 4.78 is 0. The van der Waals surface area contributed by atoms with Crippen molar-refractivity contribution in [2.45, 2.75) is 65.2 Å². The quantitative estimate of drug-likeness (QED) is 0.227. The second-order valence-corrected chi connectivity index (χ2v) is 11.7. The fourth-order valence-electron chi connectivity index (χ4n) is 6.33. The van der Waals surface area contributed by atoms with E-state index in [-0.39, 0.29) is 5.92 Å². The second kappa shape index (κ2) is 15.1. The normalized spacial score (nSPS) is 17.8. The molecule has 2 heterocycles. The number of benzene rings is 2. The summed E-state index contributed by atoms with van der Waals surface area (Å²) in [5, 5.41) is 0. The molecule has 2 aromatic carbocycles. The minimum absolute atomic E-state index is 0.0462. The van der Waals surface area contributed by atoms with Gasteiger partial charge in [-0.05, 0) is 79.0 Å². The maximum absolute atomic E-state index is 10.8. The van der Waals surface area contributed by atoms with Gasteiger partial charge in [-0.25, -0.2) is 0 Å². The van der Waals surface area contributed by atoms with Crippen LogP contribution in [0.1, 0.15) is 70.8 Å². The van der Waals surface area contributed by atoms with Gasteiger partial charge >= 0.3 is 0 Å². The Labute approximate surface area is 243 Å². The van der Waals surface area contributed by atoms with E-state index in [0.29, 0.717) is 17.5 Å². The number of carbonyl (C=O) groups is 1. The maximum atomic E-state index is 10.8. The van der Waals surface area contributed by atoms with Crippen LogP contribution in [0.25, 0.3) is 0 Å². The van der Waals surface area contributed by atoms with Gasteiger partial charge in [0.25, 0.3) is 0 Å². The van der Waals surface area contributed by atoms with Crippen LogP contribution in [0.5, 0.6) is 0 Å². The van der Waals surface area contributed by atoms with Gasteiger partial charge in [0.15, 0.2) is 0 Å². The molecule has 40 heavy (non-hydrogen) atoms. The van der Waals surface area contributed by atoms with Crippen molar-refractivity contribution >= 4 is 23.3 Å². The first-order chi connectivity index (χ1) is 19.3. The lowest BCUT2D eigenvalue weighted by Gasteiger charge is -2.55. The third-order valence-electron chi connectivity index (χ3n) is 8.92. The predicted octanol–water partition coefficient (Wildman–Crippen LogP) is 6.29. The van der Waals surface area contributed by atoms with Gasteiger partial charge in [-0.15, -0.1) is 0 Å². The first-order valence-corrected chi connectivity index (χ1v) is 15.3. The molecule has 1 spiro atoms. The van der Waals surface area contributed by atoms with Crippen LogP contribution in [-0.2, 0) is 4.79 Å². The highest BCUT2D eigenvalue weighted by Crippen LogP contribution is 2.42. The number of nitrogen functional groups attached to an aromatic ring is 1. The molecular weight excluding hydrogens is 494 g/mol. The molecule has 0 radical (unpaired) electrons. The fourth-order valence-corrected chi connectivity index (χ4v) is 6.33. The number of carbonyl (C=O) groups excluding carboxylic acids is 1. The smallest absolute Gasteiger partial charge is 0.120 e. The van der Waals surface area contributed by atoms with Gasteiger partial charge in [-0.1, -0.05) is 45.9 Å². The highest BCUT2D eigenvalue weighted by atomic mass is 16.1. The molecule has 2 unspecified atom stereocenters. The molecule has 0 saturated carbocycles. The number of likely N-dealkylation sites (tertiary alicyclic amines) is 1. The number of hydrogen-bond donors (Lipinski definition) is 2. The second-order valence-electron chi connectivity index (χ2n) is 11.7. The first kappa shape index (κ1) is 31.5. The summed E-state index contributed by atoms with van der Waals surface area (Å²) in [6, 6.07) is 16.9. The molecule has 2 aliphatic heterocycles. The van der Waals surface area contributed by atoms with Crippen LogP contribution in [0.15, 0.2) is 60.8 Å². The van der Waals surface area contributed by atoms with Crippen molar-refractivity contribution in [2.75, 3.05) is 61.8 Å². The molecule has 4 N–H and O–H groups in total. The average molecular weight is 548 g/mol. The van der Waals surface area contributed by atoms with Crippen molar-refractivity contribution in [3.8, 4) is 0 Å². The molecule has 2 fully saturated rings. The van der Waals surface area contributed by atoms with Crippen LogP contribution in [0.4, 0.5) is 17.1 Å². The van der Waals surface area contributed by atoms with Crippen molar-refractivity contribution in [3.63, 3.8) is 0 Å². The molecule has 2 atom stereocenters. The lowest BCUT2D eigenvalue weighted by atomic mass is 9.71. The van der Waals surface area contributed by atoms with Gasteiger partial charge in [-0.3, -0.25) is 0 Å². The van der Waals surface area contributed by atoms with Gasteiger partial charge in [0.2, 0.25) is 0 Å². The Bertz CT molecular complexity index is 1040. The van der Waals surface area contributed by atoms with Crippen molar-refractivity contribution in [2.24, 2.45) is 17.1 Å². The molecular formula is C34H53N5O. The molecule has 2 aromatic rings. The van der Waals surface area contributed by atoms with E-state index in [4.69, 9.17) is 11.5 Å². The zero-order valence-corrected chi connectivity index (χ0v) is 25.4. The molecule has 220 valence electrons. The highest BCUT2D eigenvalue weighted by Gasteiger charge is 2.44. The van der Waals surface area contributed by atoms with E-state index in [1.807, 2.05) is 26.0 Å². The molecule has 0 amide bonds. The van der Waals surface area contributed by atoms with E-state index in [2.05, 4.69) is 71.6 Å². The van der Waals surface area contributed by atoms with E-state index >= 15 is 0 Å². The Morgan fingerprint density at radius 2 is 1.68 bits per heavy atom. The maximum Gasteiger partial charge on any atom is 0.120 e. The molecule has 0 aromatic heterocycles. The molecule has 0 aliphatic carbocycles. The lowest BCUT2D eigenvalue weighted by molar-refractivity contribution is -0.107. The molecule has 2 aliphatic rings. The van der Waals surface area contributed by atoms with Crippen molar-refractivity contribution in [1.82, 2.24) is 4.90 Å². The number of nitrogens with two attached hydrogens (primary N) is 2. The Kier molecular flexibility index (Phi) is 11.9. The van der Waals surface area contributed by atoms with Crippen LogP contribution in [0.2, 0.25) is 0 Å². The van der Waals surface area contributed by atoms with Gasteiger partial charge < -0.3 is 31.0 Å². The number of rotatable bonds is 13. The topological polar surface area (TPSA) is 78.8 Å². The van der Waals surface area contributed by atoms with Crippen LogP contribution in [-0.4, -0.2) is 57.5 Å². The number of aldehydes is 1. The lowest BCUT2D eigenvalue weighted by Crippen LogP contribution is -2.61. The van der Waals surface area contributed by atoms with Crippen LogP contribution < -0.4 is 21.3 Å². The summed E-state index contributed by atoms with van der Waals surface area (Å²) in [7, 11) is 2.18. The Morgan fingerprint density at radius 3 is 2.23 bits per heavy atom. The van der Waals surface area contributed by atoms with Crippen LogP contribution in [0, 0.1) is 11.3 Å². The standard InChI is InChI=1S/C32H47N5O.C2H6/c1-4-26(15-18-35(3)29-13-9-28(34)10-14-29)22-36-23-32(24-36)16-19-37(20-17-32)30-11-7-27(8-12-30)31(25(2)33)6-5-21-38;1-2/h7-14,21,26,31H,2,4-6,15-20,22-24,33-34H2,1,3H3;1-2H3. The number of nitrogens with zero attached hydrogens (tertiary/aromatic N) is 3. The van der Waals surface area contributed by atoms with Crippen molar-refractivity contribution in [1.29, 1.82) is 0 Å². The van der Waals surface area contributed by atoms with Crippen molar-refractivity contribution < 1.29 is 4.79 Å². The number of hydrogen-bond acceptors (Lipinski definition) is 6. The number of anilines is 3. The minimum atomic E-state index is 0.0462. The summed E-state index contributed by atoms with van der Waals surface area (Å²) in [5.74, 6) is 0.784. The SMILES string of the molecule is C=C(N)C(CCC=O)c1ccc(N2CCC3(CC2)CN(CC(CC)CCN(C)c2ccc(N)cc2)C3)cc1.CC. The number of piperidine rings is 1. The minimum Gasteiger partial charge on any atom is -0.402 e. The van der Waals surface area contributed by atoms with E-state index in [0.717, 1.165) is 49.5 Å². The Morgan fingerprint density at radius 1 is 1.05 bits per heavy atom. The zero-order valence-electron chi connectivity index (χ0n) is 25.4. The Hall–Kier alpha value is -2.99. The third-order valence-corrected chi connectivity index (χ3v) is 8.92. The van der Waals surface area contributed by atoms with Gasteiger partial charge in [-0.2, -0.15) is 0 Å². The van der Waals surface area contributed by atoms with Gasteiger partial charge in [0.05, 0.1) is 0 Å². The molecule has 4 rings (SSSR count). The molecule has 2 saturated heterocycles. The summed E-state index contributed by atoms with van der Waals surface area (Å²) in [4.78, 5) is 18.4. The fraction of sp³-hybridized carbons (Fsp3) is 0.559. The summed E-state index contributed by atoms with van der Waals surface area (Å²) in [6.45, 7) is 17.3. The molecule has 0 bridgehead atoms. The highest BCUT2D eigenvalue weighted by molar-refractivity contribution is 5.53. The third kappa shape index (κ3) is 8.26. The number of allylic oxidation sites excluding steroid dienone is 1. The average Bonchev–Trinajstić information content (AvgIpc) is 2.96.